The van der Waals surface area contributed by atoms with Crippen LogP contribution in [0.3, 0.4) is 0 Å². The van der Waals surface area contributed by atoms with E-state index in [0.29, 0.717) is 24.3 Å². The van der Waals surface area contributed by atoms with Gasteiger partial charge in [-0.15, -0.1) is 11.6 Å². The maximum atomic E-state index is 12.7. The van der Waals surface area contributed by atoms with Gasteiger partial charge in [0.05, 0.1) is 35.8 Å². The first-order chi connectivity index (χ1) is 17.6. The molecule has 1 heterocycles. The summed E-state index contributed by atoms with van der Waals surface area (Å²) < 4.78 is 41.9. The number of hydrogen-bond acceptors (Lipinski definition) is 7. The van der Waals surface area contributed by atoms with Crippen LogP contribution in [0.15, 0.2) is 70.1 Å². The molecule has 198 valence electrons. The Hall–Kier alpha value is -2.46. The van der Waals surface area contributed by atoms with Gasteiger partial charge in [0, 0.05) is 30.2 Å². The SMILES string of the molecule is COc1ccc(OC(C)CCOS(=O)(=O)c2ccc(C)cc2)c(C2SC3=C(C=CC(Cl)C3)N2C(C)=O)c1. The Morgan fingerprint density at radius 1 is 1.22 bits per heavy atom. The van der Waals surface area contributed by atoms with Gasteiger partial charge in [-0.25, -0.2) is 0 Å². The quantitative estimate of drug-likeness (QED) is 0.276. The van der Waals surface area contributed by atoms with E-state index in [4.69, 9.17) is 25.3 Å². The molecule has 0 aromatic heterocycles. The van der Waals surface area contributed by atoms with Crippen molar-refractivity contribution in [3.63, 3.8) is 0 Å². The summed E-state index contributed by atoms with van der Waals surface area (Å²) in [4.78, 5) is 15.6. The van der Waals surface area contributed by atoms with Crippen LogP contribution in [0.25, 0.3) is 0 Å². The number of hydrogen-bond donors (Lipinski definition) is 0. The van der Waals surface area contributed by atoms with E-state index < -0.39 is 10.1 Å². The van der Waals surface area contributed by atoms with Crippen LogP contribution >= 0.6 is 23.4 Å². The zero-order valence-corrected chi connectivity index (χ0v) is 23.5. The average molecular weight is 564 g/mol. The van der Waals surface area contributed by atoms with Crippen LogP contribution in [-0.2, 0) is 19.1 Å². The Kier molecular flexibility index (Phi) is 8.58. The van der Waals surface area contributed by atoms with Crippen LogP contribution in [0.5, 0.6) is 11.5 Å². The summed E-state index contributed by atoms with van der Waals surface area (Å²) in [6.07, 6.45) is 4.44. The first-order valence-electron chi connectivity index (χ1n) is 11.9. The number of halogens is 1. The van der Waals surface area contributed by atoms with Gasteiger partial charge in [0.2, 0.25) is 5.91 Å². The average Bonchev–Trinajstić information content (AvgIpc) is 3.23. The Balaban J connectivity index is 1.48. The molecule has 0 radical (unpaired) electrons. The number of thioether (sulfide) groups is 1. The second-order valence-electron chi connectivity index (χ2n) is 8.96. The van der Waals surface area contributed by atoms with Gasteiger partial charge >= 0.3 is 0 Å². The first-order valence-corrected chi connectivity index (χ1v) is 14.6. The molecule has 1 aliphatic heterocycles. The van der Waals surface area contributed by atoms with Crippen molar-refractivity contribution in [2.24, 2.45) is 0 Å². The number of rotatable bonds is 9. The second-order valence-corrected chi connectivity index (χ2v) is 12.3. The third-order valence-corrected chi connectivity index (χ3v) is 9.07. The number of carbonyl (C=O) groups excluding carboxylic acids is 1. The monoisotopic (exact) mass is 563 g/mol. The van der Waals surface area contributed by atoms with Crippen LogP contribution in [0.1, 0.15) is 43.2 Å². The molecule has 7 nitrogen and oxygen atoms in total. The number of ether oxygens (including phenoxy) is 2. The van der Waals surface area contributed by atoms with E-state index in [9.17, 15) is 13.2 Å². The summed E-state index contributed by atoms with van der Waals surface area (Å²) in [5, 5.41) is -0.458. The van der Waals surface area contributed by atoms with E-state index in [1.807, 2.05) is 38.1 Å². The van der Waals surface area contributed by atoms with Gasteiger partial charge in [-0.05, 0) is 50.3 Å². The number of aryl methyl sites for hydroxylation is 1. The molecule has 0 spiro atoms. The molecule has 2 aliphatic rings. The molecule has 2 aromatic carbocycles. The third-order valence-electron chi connectivity index (χ3n) is 6.10. The van der Waals surface area contributed by atoms with Crippen molar-refractivity contribution in [1.29, 1.82) is 0 Å². The van der Waals surface area contributed by atoms with Crippen molar-refractivity contribution < 1.29 is 26.9 Å². The number of carbonyl (C=O) groups is 1. The fourth-order valence-electron chi connectivity index (χ4n) is 4.14. The number of amides is 1. The predicted octanol–water partition coefficient (Wildman–Crippen LogP) is 5.94. The number of nitrogens with zero attached hydrogens (tertiary/aromatic N) is 1. The van der Waals surface area contributed by atoms with Gasteiger partial charge < -0.3 is 9.47 Å². The molecule has 1 amide bonds. The lowest BCUT2D eigenvalue weighted by Crippen LogP contribution is -2.28. The molecule has 1 aliphatic carbocycles. The van der Waals surface area contributed by atoms with E-state index in [1.165, 1.54) is 12.1 Å². The molecule has 3 atom stereocenters. The lowest BCUT2D eigenvalue weighted by molar-refractivity contribution is -0.127. The van der Waals surface area contributed by atoms with Gasteiger partial charge in [0.25, 0.3) is 10.1 Å². The standard InChI is InChI=1S/C27H30ClNO6S2/c1-17-5-9-22(10-6-17)37(31,32)34-14-13-18(2)35-25-12-8-21(33-4)16-23(25)27-29(19(3)30)24-11-7-20(28)15-26(24)36-27/h5-12,16,18,20,27H,13-15H2,1-4H3. The molecule has 0 N–H and O–H groups in total. The van der Waals surface area contributed by atoms with Crippen molar-refractivity contribution >= 4 is 39.4 Å². The summed E-state index contributed by atoms with van der Waals surface area (Å²) >= 11 is 7.92. The zero-order valence-electron chi connectivity index (χ0n) is 21.1. The number of methoxy groups -OCH3 is 1. The van der Waals surface area contributed by atoms with Crippen molar-refractivity contribution in [1.82, 2.24) is 4.90 Å². The molecule has 0 fully saturated rings. The normalized spacial score (nSPS) is 20.1. The summed E-state index contributed by atoms with van der Waals surface area (Å²) in [7, 11) is -2.27. The van der Waals surface area contributed by atoms with Gasteiger partial charge in [0.15, 0.2) is 0 Å². The van der Waals surface area contributed by atoms with E-state index >= 15 is 0 Å². The maximum Gasteiger partial charge on any atom is 0.296 e. The van der Waals surface area contributed by atoms with Crippen LogP contribution in [0.2, 0.25) is 0 Å². The summed E-state index contributed by atoms with van der Waals surface area (Å²) in [6, 6.07) is 12.0. The molecular formula is C27H30ClNO6S2. The highest BCUT2D eigenvalue weighted by molar-refractivity contribution is 8.03. The van der Waals surface area contributed by atoms with Crippen LogP contribution in [0.4, 0.5) is 0 Å². The Morgan fingerprint density at radius 3 is 2.62 bits per heavy atom. The molecule has 2 aromatic rings. The maximum absolute atomic E-state index is 12.7. The van der Waals surface area contributed by atoms with Crippen molar-refractivity contribution in [3.8, 4) is 11.5 Å². The van der Waals surface area contributed by atoms with Gasteiger partial charge in [-0.1, -0.05) is 35.5 Å². The summed E-state index contributed by atoms with van der Waals surface area (Å²) in [5.74, 6) is 1.14. The zero-order chi connectivity index (χ0) is 26.7. The topological polar surface area (TPSA) is 82.1 Å². The molecule has 0 saturated heterocycles. The molecule has 3 unspecified atom stereocenters. The number of benzene rings is 2. The molecule has 37 heavy (non-hydrogen) atoms. The van der Waals surface area contributed by atoms with Crippen molar-refractivity contribution in [2.45, 2.75) is 55.4 Å². The van der Waals surface area contributed by atoms with Crippen molar-refractivity contribution in [3.05, 3.63) is 76.3 Å². The van der Waals surface area contributed by atoms with Crippen molar-refractivity contribution in [2.75, 3.05) is 13.7 Å². The number of allylic oxidation sites excluding steroid dienone is 3. The van der Waals surface area contributed by atoms with E-state index in [-0.39, 0.29) is 34.3 Å². The minimum Gasteiger partial charge on any atom is -0.497 e. The van der Waals surface area contributed by atoms with Crippen LogP contribution < -0.4 is 9.47 Å². The first kappa shape index (κ1) is 27.6. The number of alkyl halides is 1. The highest BCUT2D eigenvalue weighted by Crippen LogP contribution is 2.53. The Morgan fingerprint density at radius 2 is 1.95 bits per heavy atom. The fraction of sp³-hybridized carbons (Fsp3) is 0.370. The van der Waals surface area contributed by atoms with Gasteiger partial charge in [-0.2, -0.15) is 8.42 Å². The molecule has 4 rings (SSSR count). The van der Waals surface area contributed by atoms with E-state index in [2.05, 4.69) is 0 Å². The molecule has 10 heteroatoms. The lowest BCUT2D eigenvalue weighted by Gasteiger charge is -2.28. The smallest absolute Gasteiger partial charge is 0.296 e. The molecule has 0 bridgehead atoms. The lowest BCUT2D eigenvalue weighted by atomic mass is 10.1. The summed E-state index contributed by atoms with van der Waals surface area (Å²) in [5.41, 5.74) is 2.61. The minimum absolute atomic E-state index is 0.0294. The fourth-order valence-corrected chi connectivity index (χ4v) is 6.89. The Labute approximate surface area is 227 Å². The van der Waals surface area contributed by atoms with Crippen LogP contribution in [0, 0.1) is 6.92 Å². The van der Waals surface area contributed by atoms with E-state index in [1.54, 1.807) is 48.9 Å². The highest BCUT2D eigenvalue weighted by Gasteiger charge is 2.38. The Bertz CT molecular complexity index is 1320. The minimum atomic E-state index is -3.85. The van der Waals surface area contributed by atoms with Gasteiger partial charge in [0.1, 0.15) is 16.9 Å². The third kappa shape index (κ3) is 6.34. The largest absolute Gasteiger partial charge is 0.497 e. The molecule has 0 saturated carbocycles. The van der Waals surface area contributed by atoms with E-state index in [0.717, 1.165) is 21.7 Å². The highest BCUT2D eigenvalue weighted by atomic mass is 35.5. The predicted molar refractivity (Wildman–Crippen MR) is 145 cm³/mol. The van der Waals surface area contributed by atoms with Crippen LogP contribution in [-0.4, -0.2) is 44.4 Å². The second kappa shape index (κ2) is 11.5. The van der Waals surface area contributed by atoms with Gasteiger partial charge in [-0.3, -0.25) is 13.9 Å². The summed E-state index contributed by atoms with van der Waals surface area (Å²) in [6.45, 7) is 5.25. The molecular weight excluding hydrogens is 534 g/mol.